The summed E-state index contributed by atoms with van der Waals surface area (Å²) in [6.07, 6.45) is 3.26. The van der Waals surface area contributed by atoms with E-state index in [0.717, 1.165) is 30.6 Å². The van der Waals surface area contributed by atoms with Crippen molar-refractivity contribution in [2.75, 3.05) is 17.2 Å². The van der Waals surface area contributed by atoms with Gasteiger partial charge in [-0.2, -0.15) is 0 Å². The Kier molecular flexibility index (Phi) is 5.26. The summed E-state index contributed by atoms with van der Waals surface area (Å²) in [4.78, 5) is 20.4. The average Bonchev–Trinajstić information content (AvgIpc) is 2.53. The van der Waals surface area contributed by atoms with Crippen molar-refractivity contribution in [3.05, 3.63) is 47.9 Å². The Morgan fingerprint density at radius 3 is 2.76 bits per heavy atom. The summed E-state index contributed by atoms with van der Waals surface area (Å²) >= 11 is 0. The number of hydrogen-bond acceptors (Lipinski definition) is 4. The van der Waals surface area contributed by atoms with Crippen LogP contribution in [0.15, 0.2) is 36.7 Å². The highest BCUT2D eigenvalue weighted by Crippen LogP contribution is 2.16. The maximum atomic E-state index is 12.3. The summed E-state index contributed by atoms with van der Waals surface area (Å²) in [6.45, 7) is 4.95. The topological polar surface area (TPSA) is 66.9 Å². The number of hydrogen-bond donors (Lipinski definition) is 2. The van der Waals surface area contributed by atoms with Crippen LogP contribution in [0.4, 0.5) is 11.5 Å². The van der Waals surface area contributed by atoms with Crippen LogP contribution in [0.5, 0.6) is 0 Å². The molecule has 0 spiro atoms. The number of benzene rings is 1. The number of carbonyl (C=O) groups excluding carboxylic acids is 1. The van der Waals surface area contributed by atoms with Crippen molar-refractivity contribution in [1.29, 1.82) is 0 Å². The van der Waals surface area contributed by atoms with E-state index in [4.69, 9.17) is 0 Å². The van der Waals surface area contributed by atoms with E-state index in [2.05, 4.69) is 34.4 Å². The molecule has 0 aliphatic rings. The van der Waals surface area contributed by atoms with Crippen LogP contribution in [0.25, 0.3) is 0 Å². The number of aromatic nitrogens is 2. The van der Waals surface area contributed by atoms with E-state index in [1.54, 1.807) is 6.07 Å². The Balaban J connectivity index is 2.13. The van der Waals surface area contributed by atoms with Crippen LogP contribution in [-0.4, -0.2) is 22.4 Å². The molecule has 5 nitrogen and oxygen atoms in total. The minimum Gasteiger partial charge on any atom is -0.370 e. The molecular weight excluding hydrogens is 264 g/mol. The van der Waals surface area contributed by atoms with Crippen LogP contribution in [0.1, 0.15) is 36.3 Å². The molecule has 0 saturated carbocycles. The van der Waals surface area contributed by atoms with Crippen molar-refractivity contribution in [1.82, 2.24) is 9.97 Å². The Bertz CT molecular complexity index is 613. The van der Waals surface area contributed by atoms with Crippen molar-refractivity contribution < 1.29 is 4.79 Å². The lowest BCUT2D eigenvalue weighted by atomic mass is 10.1. The molecule has 0 radical (unpaired) electrons. The smallest absolute Gasteiger partial charge is 0.274 e. The van der Waals surface area contributed by atoms with Gasteiger partial charge >= 0.3 is 0 Å². The summed E-state index contributed by atoms with van der Waals surface area (Å²) in [7, 11) is 0. The minimum absolute atomic E-state index is 0.224. The molecule has 1 amide bonds. The number of anilines is 2. The maximum absolute atomic E-state index is 12.3. The van der Waals surface area contributed by atoms with E-state index in [1.807, 2.05) is 24.3 Å². The number of carbonyl (C=O) groups is 1. The predicted octanol–water partition coefficient (Wildman–Crippen LogP) is 3.11. The van der Waals surface area contributed by atoms with E-state index < -0.39 is 0 Å². The number of nitrogens with zero attached hydrogens (tertiary/aromatic N) is 2. The summed E-state index contributed by atoms with van der Waals surface area (Å²) in [5, 5.41) is 6.05. The molecule has 1 aromatic carbocycles. The number of aryl methyl sites for hydroxylation is 1. The second-order valence-electron chi connectivity index (χ2n) is 4.68. The Hall–Kier alpha value is -2.43. The van der Waals surface area contributed by atoms with Gasteiger partial charge in [-0.05, 0) is 24.5 Å². The first-order valence-corrected chi connectivity index (χ1v) is 7.19. The molecule has 0 aliphatic heterocycles. The highest BCUT2D eigenvalue weighted by Gasteiger charge is 2.10. The third kappa shape index (κ3) is 4.02. The van der Waals surface area contributed by atoms with Crippen LogP contribution in [0, 0.1) is 0 Å². The van der Waals surface area contributed by atoms with Gasteiger partial charge in [0, 0.05) is 18.3 Å². The molecule has 0 atom stereocenters. The van der Waals surface area contributed by atoms with Gasteiger partial charge in [-0.25, -0.2) is 9.97 Å². The lowest BCUT2D eigenvalue weighted by Gasteiger charge is -2.10. The van der Waals surface area contributed by atoms with E-state index in [-0.39, 0.29) is 5.91 Å². The van der Waals surface area contributed by atoms with Crippen molar-refractivity contribution in [3.63, 3.8) is 0 Å². The number of nitrogens with one attached hydrogen (secondary N) is 2. The normalized spacial score (nSPS) is 10.2. The molecule has 0 unspecified atom stereocenters. The summed E-state index contributed by atoms with van der Waals surface area (Å²) < 4.78 is 0. The molecule has 21 heavy (non-hydrogen) atoms. The van der Waals surface area contributed by atoms with Gasteiger partial charge in [0.05, 0.1) is 0 Å². The number of amides is 1. The van der Waals surface area contributed by atoms with Crippen molar-refractivity contribution >= 4 is 17.4 Å². The molecule has 1 heterocycles. The van der Waals surface area contributed by atoms with Gasteiger partial charge in [0.25, 0.3) is 5.91 Å². The molecule has 2 N–H and O–H groups in total. The second kappa shape index (κ2) is 7.38. The first kappa shape index (κ1) is 15.0. The van der Waals surface area contributed by atoms with Crippen molar-refractivity contribution in [2.24, 2.45) is 0 Å². The number of para-hydroxylation sites is 1. The minimum atomic E-state index is -0.224. The van der Waals surface area contributed by atoms with Gasteiger partial charge in [0.2, 0.25) is 0 Å². The van der Waals surface area contributed by atoms with E-state index in [9.17, 15) is 4.79 Å². The first-order valence-electron chi connectivity index (χ1n) is 7.19. The summed E-state index contributed by atoms with van der Waals surface area (Å²) in [5.41, 5.74) is 2.28. The molecule has 2 rings (SSSR count). The van der Waals surface area contributed by atoms with Crippen LogP contribution in [-0.2, 0) is 6.42 Å². The van der Waals surface area contributed by atoms with E-state index >= 15 is 0 Å². The van der Waals surface area contributed by atoms with Crippen molar-refractivity contribution in [2.45, 2.75) is 26.7 Å². The third-order valence-electron chi connectivity index (χ3n) is 3.10. The molecule has 2 aromatic rings. The predicted molar refractivity (Wildman–Crippen MR) is 84.6 cm³/mol. The lowest BCUT2D eigenvalue weighted by molar-refractivity contribution is 0.102. The van der Waals surface area contributed by atoms with Gasteiger partial charge in [0.1, 0.15) is 17.8 Å². The van der Waals surface area contributed by atoms with E-state index in [0.29, 0.717) is 11.5 Å². The molecule has 0 saturated heterocycles. The Labute approximate surface area is 124 Å². The zero-order valence-electron chi connectivity index (χ0n) is 12.4. The Morgan fingerprint density at radius 2 is 2.00 bits per heavy atom. The summed E-state index contributed by atoms with van der Waals surface area (Å²) in [5.74, 6) is 0.443. The zero-order valence-corrected chi connectivity index (χ0v) is 12.4. The first-order chi connectivity index (χ1) is 10.2. The van der Waals surface area contributed by atoms with Crippen LogP contribution in [0.3, 0.4) is 0 Å². The summed E-state index contributed by atoms with van der Waals surface area (Å²) in [6, 6.07) is 9.44. The number of rotatable bonds is 6. The van der Waals surface area contributed by atoms with Crippen LogP contribution in [0.2, 0.25) is 0 Å². The van der Waals surface area contributed by atoms with E-state index in [1.165, 1.54) is 6.33 Å². The van der Waals surface area contributed by atoms with Crippen molar-refractivity contribution in [3.8, 4) is 0 Å². The molecule has 0 fully saturated rings. The lowest BCUT2D eigenvalue weighted by Crippen LogP contribution is -2.15. The van der Waals surface area contributed by atoms with Gasteiger partial charge in [-0.3, -0.25) is 4.79 Å². The van der Waals surface area contributed by atoms with Crippen LogP contribution < -0.4 is 10.6 Å². The average molecular weight is 284 g/mol. The van der Waals surface area contributed by atoms with Gasteiger partial charge < -0.3 is 10.6 Å². The maximum Gasteiger partial charge on any atom is 0.274 e. The highest BCUT2D eigenvalue weighted by molar-refractivity contribution is 6.03. The zero-order chi connectivity index (χ0) is 15.1. The van der Waals surface area contributed by atoms with Gasteiger partial charge in [0.15, 0.2) is 0 Å². The molecule has 0 aliphatic carbocycles. The standard InChI is InChI=1S/C16H20N4O/c1-3-9-17-15-10-14(18-11-19-15)16(21)20-13-8-6-5-7-12(13)4-2/h5-8,10-11H,3-4,9H2,1-2H3,(H,20,21)(H,17,18,19). The largest absolute Gasteiger partial charge is 0.370 e. The van der Waals surface area contributed by atoms with Gasteiger partial charge in [-0.15, -0.1) is 0 Å². The fourth-order valence-corrected chi connectivity index (χ4v) is 1.97. The molecule has 0 bridgehead atoms. The molecule has 5 heteroatoms. The van der Waals surface area contributed by atoms with Gasteiger partial charge in [-0.1, -0.05) is 32.0 Å². The monoisotopic (exact) mass is 284 g/mol. The van der Waals surface area contributed by atoms with Crippen LogP contribution >= 0.6 is 0 Å². The Morgan fingerprint density at radius 1 is 1.19 bits per heavy atom. The second-order valence-corrected chi connectivity index (χ2v) is 4.68. The third-order valence-corrected chi connectivity index (χ3v) is 3.10. The fourth-order valence-electron chi connectivity index (χ4n) is 1.97. The molecule has 110 valence electrons. The fraction of sp³-hybridized carbons (Fsp3) is 0.312. The highest BCUT2D eigenvalue weighted by atomic mass is 16.1. The quantitative estimate of drug-likeness (QED) is 0.855. The SMILES string of the molecule is CCCNc1cc(C(=O)Nc2ccccc2CC)ncn1. The molecule has 1 aromatic heterocycles. The molecular formula is C16H20N4O.